The van der Waals surface area contributed by atoms with E-state index in [1.165, 1.54) is 19.3 Å². The van der Waals surface area contributed by atoms with Crippen molar-refractivity contribution in [1.82, 2.24) is 10.3 Å². The van der Waals surface area contributed by atoms with Crippen molar-refractivity contribution in [2.24, 2.45) is 11.8 Å². The maximum Gasteiger partial charge on any atom is 0.128 e. The first-order chi connectivity index (χ1) is 9.15. The van der Waals surface area contributed by atoms with Gasteiger partial charge in [0.1, 0.15) is 5.82 Å². The Kier molecular flexibility index (Phi) is 5.20. The molecule has 3 heteroatoms. The Morgan fingerprint density at radius 2 is 2.16 bits per heavy atom. The van der Waals surface area contributed by atoms with E-state index in [4.69, 9.17) is 4.98 Å². The molecule has 0 amide bonds. The van der Waals surface area contributed by atoms with Crippen LogP contribution in [0.4, 0.5) is 5.82 Å². The van der Waals surface area contributed by atoms with Crippen molar-refractivity contribution < 1.29 is 0 Å². The largest absolute Gasteiger partial charge is 0.359 e. The molecule has 1 aliphatic carbocycles. The van der Waals surface area contributed by atoms with Gasteiger partial charge in [0.2, 0.25) is 0 Å². The topological polar surface area (TPSA) is 28.2 Å². The second-order valence-electron chi connectivity index (χ2n) is 6.19. The van der Waals surface area contributed by atoms with Gasteiger partial charge in [-0.15, -0.1) is 0 Å². The highest BCUT2D eigenvalue weighted by atomic mass is 15.2. The summed E-state index contributed by atoms with van der Waals surface area (Å²) in [6.45, 7) is 7.51. The van der Waals surface area contributed by atoms with Gasteiger partial charge in [0.05, 0.1) is 5.69 Å². The molecule has 1 aromatic rings. The Labute approximate surface area is 117 Å². The summed E-state index contributed by atoms with van der Waals surface area (Å²) < 4.78 is 0. The van der Waals surface area contributed by atoms with Crippen LogP contribution in [0, 0.1) is 11.8 Å². The fourth-order valence-corrected chi connectivity index (χ4v) is 2.42. The lowest BCUT2D eigenvalue weighted by molar-refractivity contribution is 0.321. The summed E-state index contributed by atoms with van der Waals surface area (Å²) in [4.78, 5) is 7.05. The number of nitrogens with zero attached hydrogens (tertiary/aromatic N) is 2. The van der Waals surface area contributed by atoms with Gasteiger partial charge in [-0.3, -0.25) is 0 Å². The van der Waals surface area contributed by atoms with Gasteiger partial charge < -0.3 is 10.2 Å². The Bertz CT molecular complexity index is 385. The van der Waals surface area contributed by atoms with E-state index in [2.05, 4.69) is 49.3 Å². The van der Waals surface area contributed by atoms with Crippen LogP contribution in [-0.2, 0) is 6.54 Å². The van der Waals surface area contributed by atoms with Crippen LogP contribution >= 0.6 is 0 Å². The van der Waals surface area contributed by atoms with Crippen LogP contribution in [0.5, 0.6) is 0 Å². The average Bonchev–Trinajstić information content (AvgIpc) is 2.33. The minimum Gasteiger partial charge on any atom is -0.359 e. The van der Waals surface area contributed by atoms with Crippen molar-refractivity contribution >= 4 is 5.82 Å². The molecular formula is C16H27N3. The quantitative estimate of drug-likeness (QED) is 0.817. The highest BCUT2D eigenvalue weighted by Gasteiger charge is 2.19. The van der Waals surface area contributed by atoms with Gasteiger partial charge in [-0.05, 0) is 43.4 Å². The number of rotatable bonds is 7. The van der Waals surface area contributed by atoms with E-state index in [9.17, 15) is 0 Å². The van der Waals surface area contributed by atoms with Gasteiger partial charge in [-0.25, -0.2) is 4.98 Å². The van der Waals surface area contributed by atoms with Crippen LogP contribution in [0.3, 0.4) is 0 Å². The molecule has 2 rings (SSSR count). The van der Waals surface area contributed by atoms with Gasteiger partial charge in [0.15, 0.2) is 0 Å². The minimum atomic E-state index is 0.685. The van der Waals surface area contributed by atoms with Crippen molar-refractivity contribution in [3.8, 4) is 0 Å². The van der Waals surface area contributed by atoms with Crippen LogP contribution in [0.1, 0.15) is 38.8 Å². The molecule has 1 aliphatic rings. The van der Waals surface area contributed by atoms with Crippen LogP contribution in [-0.4, -0.2) is 25.1 Å². The highest BCUT2D eigenvalue weighted by molar-refractivity contribution is 5.38. The zero-order valence-corrected chi connectivity index (χ0v) is 12.5. The van der Waals surface area contributed by atoms with Gasteiger partial charge in [0, 0.05) is 20.1 Å². The minimum absolute atomic E-state index is 0.685. The summed E-state index contributed by atoms with van der Waals surface area (Å²) in [5.74, 6) is 2.68. The first-order valence-corrected chi connectivity index (χ1v) is 7.53. The molecule has 0 unspecified atom stereocenters. The molecule has 0 aromatic carbocycles. The van der Waals surface area contributed by atoms with Gasteiger partial charge in [-0.2, -0.15) is 0 Å². The van der Waals surface area contributed by atoms with Gasteiger partial charge in [0.25, 0.3) is 0 Å². The number of pyridine rings is 1. The molecule has 3 nitrogen and oxygen atoms in total. The number of aromatic nitrogens is 1. The Balaban J connectivity index is 1.86. The SMILES string of the molecule is CC(C)CNCc1cccc(N(C)CC2CCC2)n1. The number of nitrogens with one attached hydrogen (secondary N) is 1. The molecule has 1 saturated carbocycles. The molecular weight excluding hydrogens is 234 g/mol. The summed E-state index contributed by atoms with van der Waals surface area (Å²) in [5, 5.41) is 3.45. The summed E-state index contributed by atoms with van der Waals surface area (Å²) in [6.07, 6.45) is 4.19. The van der Waals surface area contributed by atoms with Gasteiger partial charge in [-0.1, -0.05) is 26.3 Å². The number of hydrogen-bond donors (Lipinski definition) is 1. The molecule has 0 atom stereocenters. The van der Waals surface area contributed by atoms with Gasteiger partial charge >= 0.3 is 0 Å². The van der Waals surface area contributed by atoms with Crippen LogP contribution in [0.2, 0.25) is 0 Å². The number of hydrogen-bond acceptors (Lipinski definition) is 3. The first-order valence-electron chi connectivity index (χ1n) is 7.53. The van der Waals surface area contributed by atoms with E-state index in [0.717, 1.165) is 37.1 Å². The molecule has 0 spiro atoms. The van der Waals surface area contributed by atoms with Crippen LogP contribution in [0.15, 0.2) is 18.2 Å². The fourth-order valence-electron chi connectivity index (χ4n) is 2.42. The number of anilines is 1. The zero-order chi connectivity index (χ0) is 13.7. The third-order valence-corrected chi connectivity index (χ3v) is 3.80. The standard InChI is InChI=1S/C16H27N3/c1-13(2)10-17-11-15-8-5-9-16(18-15)19(3)12-14-6-4-7-14/h5,8-9,13-14,17H,4,6-7,10-12H2,1-3H3. The predicted octanol–water partition coefficient (Wildman–Crippen LogP) is 3.06. The van der Waals surface area contributed by atoms with E-state index in [0.29, 0.717) is 5.92 Å². The maximum atomic E-state index is 4.74. The molecule has 0 bridgehead atoms. The molecule has 0 aliphatic heterocycles. The third kappa shape index (κ3) is 4.50. The third-order valence-electron chi connectivity index (χ3n) is 3.80. The van der Waals surface area contributed by atoms with Crippen molar-refractivity contribution in [2.75, 3.05) is 25.0 Å². The molecule has 1 heterocycles. The lowest BCUT2D eigenvalue weighted by Gasteiger charge is -2.30. The van der Waals surface area contributed by atoms with E-state index < -0.39 is 0 Å². The molecule has 0 radical (unpaired) electrons. The predicted molar refractivity (Wildman–Crippen MR) is 81.4 cm³/mol. The monoisotopic (exact) mass is 261 g/mol. The fraction of sp³-hybridized carbons (Fsp3) is 0.688. The second-order valence-corrected chi connectivity index (χ2v) is 6.19. The normalized spacial score (nSPS) is 15.6. The average molecular weight is 261 g/mol. The van der Waals surface area contributed by atoms with E-state index in [1.54, 1.807) is 0 Å². The smallest absolute Gasteiger partial charge is 0.128 e. The first kappa shape index (κ1) is 14.3. The van der Waals surface area contributed by atoms with Crippen LogP contribution in [0.25, 0.3) is 0 Å². The zero-order valence-electron chi connectivity index (χ0n) is 12.5. The van der Waals surface area contributed by atoms with Crippen molar-refractivity contribution in [1.29, 1.82) is 0 Å². The molecule has 106 valence electrons. The van der Waals surface area contributed by atoms with E-state index >= 15 is 0 Å². The van der Waals surface area contributed by atoms with Crippen molar-refractivity contribution in [3.05, 3.63) is 23.9 Å². The Hall–Kier alpha value is -1.09. The molecule has 1 N–H and O–H groups in total. The summed E-state index contributed by atoms with van der Waals surface area (Å²) in [7, 11) is 2.16. The molecule has 1 aromatic heterocycles. The highest BCUT2D eigenvalue weighted by Crippen LogP contribution is 2.27. The lowest BCUT2D eigenvalue weighted by Crippen LogP contribution is -2.30. The Morgan fingerprint density at radius 1 is 1.37 bits per heavy atom. The lowest BCUT2D eigenvalue weighted by atomic mass is 9.85. The van der Waals surface area contributed by atoms with Crippen molar-refractivity contribution in [3.63, 3.8) is 0 Å². The summed E-state index contributed by atoms with van der Waals surface area (Å²) >= 11 is 0. The summed E-state index contributed by atoms with van der Waals surface area (Å²) in [5.41, 5.74) is 1.14. The molecule has 19 heavy (non-hydrogen) atoms. The summed E-state index contributed by atoms with van der Waals surface area (Å²) in [6, 6.07) is 6.34. The van der Waals surface area contributed by atoms with Crippen molar-refractivity contribution in [2.45, 2.75) is 39.7 Å². The maximum absolute atomic E-state index is 4.74. The second kappa shape index (κ2) is 6.90. The Morgan fingerprint density at radius 3 is 2.79 bits per heavy atom. The van der Waals surface area contributed by atoms with Crippen LogP contribution < -0.4 is 10.2 Å². The molecule has 0 saturated heterocycles. The van der Waals surface area contributed by atoms with E-state index in [-0.39, 0.29) is 0 Å². The van der Waals surface area contributed by atoms with E-state index in [1.807, 2.05) is 0 Å². The molecule has 1 fully saturated rings.